The highest BCUT2D eigenvalue weighted by Gasteiger charge is 2.51. The van der Waals surface area contributed by atoms with Crippen molar-refractivity contribution in [2.24, 2.45) is 11.8 Å². The number of pyridine rings is 1. The monoisotopic (exact) mass is 688 g/mol. The van der Waals surface area contributed by atoms with E-state index in [0.29, 0.717) is 26.7 Å². The smallest absolute Gasteiger partial charge is 0.487 e. The Kier molecular flexibility index (Phi) is 11.5. The molecule has 1 aliphatic heterocycles. The first-order valence-electron chi connectivity index (χ1n) is 17.0. The van der Waals surface area contributed by atoms with Gasteiger partial charge in [-0.05, 0) is 99.7 Å². The minimum absolute atomic E-state index is 0.136. The molecule has 1 saturated heterocycles. The SMILES string of the molecule is COc1cnc2c(ccn2[Si](C(C)C)(C(C)C)C(C)C)c1C(=CB1OC(C)(C)C(C)(C)O1)C1CCC(COC(=O)N(C)S(=O)[O-])CC1. The Morgan fingerprint density at radius 3 is 2.15 bits per heavy atom. The van der Waals surface area contributed by atoms with Crippen LogP contribution in [0.15, 0.2) is 24.4 Å². The molecule has 262 valence electrons. The number of rotatable bonds is 11. The number of amides is 1. The van der Waals surface area contributed by atoms with Crippen molar-refractivity contribution in [2.75, 3.05) is 20.8 Å². The van der Waals surface area contributed by atoms with Crippen molar-refractivity contribution in [3.63, 3.8) is 0 Å². The molecule has 47 heavy (non-hydrogen) atoms. The molecule has 3 heterocycles. The minimum Gasteiger partial charge on any atom is -0.755 e. The summed E-state index contributed by atoms with van der Waals surface area (Å²) in [6.07, 6.45) is 6.62. The van der Waals surface area contributed by atoms with E-state index in [1.54, 1.807) is 7.11 Å². The van der Waals surface area contributed by atoms with Crippen molar-refractivity contribution in [3.05, 3.63) is 30.0 Å². The van der Waals surface area contributed by atoms with Gasteiger partial charge in [0.15, 0.2) is 8.24 Å². The Bertz CT molecular complexity index is 1450. The molecular formula is C34H55BN3O7SSi-. The molecule has 0 bridgehead atoms. The lowest BCUT2D eigenvalue weighted by atomic mass is 9.72. The van der Waals surface area contributed by atoms with E-state index in [1.165, 1.54) is 7.05 Å². The molecule has 0 N–H and O–H groups in total. The van der Waals surface area contributed by atoms with Gasteiger partial charge in [-0.2, -0.15) is 0 Å². The summed E-state index contributed by atoms with van der Waals surface area (Å²) in [7, 11) is 0.243. The van der Waals surface area contributed by atoms with E-state index in [0.717, 1.165) is 47.9 Å². The Labute approximate surface area is 285 Å². The standard InChI is InChI=1S/C34H56BN3O7SSi/c1-22(2)47(23(3)4,24(5)6)38-18-17-27-30(29(42-12)20-36-31(27)38)28(19-35-44-33(7,8)34(9,10)45-35)26-15-13-25(14-16-26)21-43-32(39)37(11)46(40)41/h17-20,22-26H,13-16,21H2,1-12H3,(H,40,41)/p-1. The van der Waals surface area contributed by atoms with E-state index in [1.807, 2.05) is 6.20 Å². The molecule has 0 radical (unpaired) electrons. The van der Waals surface area contributed by atoms with Gasteiger partial charge in [0.25, 0.3) is 0 Å². The minimum atomic E-state index is -2.66. The van der Waals surface area contributed by atoms with Crippen molar-refractivity contribution in [2.45, 2.75) is 123 Å². The van der Waals surface area contributed by atoms with Crippen LogP contribution < -0.4 is 4.74 Å². The first kappa shape index (κ1) is 37.6. The summed E-state index contributed by atoms with van der Waals surface area (Å²) < 4.78 is 49.8. The number of allylic oxidation sites excluding steroid dienone is 1. The molecule has 13 heteroatoms. The van der Waals surface area contributed by atoms with Gasteiger partial charge < -0.3 is 27.6 Å². The van der Waals surface area contributed by atoms with Crippen molar-refractivity contribution in [1.82, 2.24) is 13.5 Å². The van der Waals surface area contributed by atoms with Crippen molar-refractivity contribution in [3.8, 4) is 5.75 Å². The zero-order valence-electron chi connectivity index (χ0n) is 30.4. The van der Waals surface area contributed by atoms with Gasteiger partial charge in [0, 0.05) is 18.0 Å². The molecule has 4 rings (SSSR count). The molecule has 1 unspecified atom stereocenters. The molecule has 1 aliphatic carbocycles. The number of aromatic nitrogens is 2. The first-order chi connectivity index (χ1) is 21.9. The van der Waals surface area contributed by atoms with Gasteiger partial charge >= 0.3 is 13.2 Å². The lowest BCUT2D eigenvalue weighted by Gasteiger charge is -2.44. The molecule has 1 amide bonds. The maximum Gasteiger partial charge on any atom is 0.487 e. The van der Waals surface area contributed by atoms with Gasteiger partial charge in [-0.1, -0.05) is 47.5 Å². The Balaban J connectivity index is 1.79. The molecule has 0 spiro atoms. The lowest BCUT2D eigenvalue weighted by Crippen LogP contribution is -2.51. The average Bonchev–Trinajstić information content (AvgIpc) is 3.50. The van der Waals surface area contributed by atoms with Gasteiger partial charge in [0.2, 0.25) is 0 Å². The topological polar surface area (TPSA) is 115 Å². The number of methoxy groups -OCH3 is 1. The van der Waals surface area contributed by atoms with E-state index >= 15 is 0 Å². The number of carbonyl (C=O) groups is 1. The largest absolute Gasteiger partial charge is 0.755 e. The second kappa shape index (κ2) is 14.3. The third-order valence-corrected chi connectivity index (χ3v) is 18.5. The van der Waals surface area contributed by atoms with Gasteiger partial charge in [0.05, 0.1) is 42.4 Å². The van der Waals surface area contributed by atoms with Crippen LogP contribution >= 0.6 is 0 Å². The number of ether oxygens (including phenoxy) is 2. The highest BCUT2D eigenvalue weighted by Crippen LogP contribution is 2.48. The van der Waals surface area contributed by atoms with Crippen LogP contribution in [-0.4, -0.2) is 75.7 Å². The molecule has 2 fully saturated rings. The van der Waals surface area contributed by atoms with Crippen LogP contribution in [0.3, 0.4) is 0 Å². The summed E-state index contributed by atoms with van der Waals surface area (Å²) in [5.74, 6) is 3.17. The summed E-state index contributed by atoms with van der Waals surface area (Å²) in [4.78, 5) is 17.2. The summed E-state index contributed by atoms with van der Waals surface area (Å²) >= 11 is -2.66. The predicted octanol–water partition coefficient (Wildman–Crippen LogP) is 7.75. The van der Waals surface area contributed by atoms with Crippen LogP contribution in [0.4, 0.5) is 4.79 Å². The van der Waals surface area contributed by atoms with Crippen molar-refractivity contribution >= 4 is 49.3 Å². The zero-order chi connectivity index (χ0) is 35.1. The van der Waals surface area contributed by atoms with Gasteiger partial charge in [-0.25, -0.2) is 14.1 Å². The quantitative estimate of drug-likeness (QED) is 0.174. The van der Waals surface area contributed by atoms with Gasteiger partial charge in [-0.3, -0.25) is 4.21 Å². The first-order valence-corrected chi connectivity index (χ1v) is 20.2. The van der Waals surface area contributed by atoms with Crippen LogP contribution in [0.25, 0.3) is 16.6 Å². The molecule has 2 aromatic heterocycles. The fourth-order valence-corrected chi connectivity index (χ4v) is 14.9. The summed E-state index contributed by atoms with van der Waals surface area (Å²) in [5, 5.41) is 1.07. The van der Waals surface area contributed by atoms with Crippen LogP contribution in [0, 0.1) is 11.8 Å². The van der Waals surface area contributed by atoms with E-state index in [9.17, 15) is 13.6 Å². The second-order valence-electron chi connectivity index (χ2n) is 15.2. The molecule has 1 atom stereocenters. The average molecular weight is 689 g/mol. The maximum absolute atomic E-state index is 12.1. The molecule has 2 aliphatic rings. The highest BCUT2D eigenvalue weighted by molar-refractivity contribution is 7.77. The van der Waals surface area contributed by atoms with Crippen molar-refractivity contribution < 1.29 is 32.3 Å². The van der Waals surface area contributed by atoms with Crippen LogP contribution in [-0.2, 0) is 25.3 Å². The third kappa shape index (κ3) is 7.11. The fourth-order valence-electron chi connectivity index (χ4n) is 8.18. The predicted molar refractivity (Wildman–Crippen MR) is 190 cm³/mol. The molecule has 1 saturated carbocycles. The molecule has 10 nitrogen and oxygen atoms in total. The van der Waals surface area contributed by atoms with Crippen LogP contribution in [0.2, 0.25) is 16.6 Å². The second-order valence-corrected chi connectivity index (χ2v) is 21.9. The van der Waals surface area contributed by atoms with E-state index in [2.05, 4.69) is 91.7 Å². The zero-order valence-corrected chi connectivity index (χ0v) is 32.2. The molecule has 2 aromatic rings. The lowest BCUT2D eigenvalue weighted by molar-refractivity contribution is 0.00578. The highest BCUT2D eigenvalue weighted by atomic mass is 32.2. The molecular weight excluding hydrogens is 633 g/mol. The number of hydrogen-bond donors (Lipinski definition) is 0. The normalized spacial score (nSPS) is 22.4. The van der Waals surface area contributed by atoms with Crippen LogP contribution in [0.5, 0.6) is 5.75 Å². The number of nitrogens with zero attached hydrogens (tertiary/aromatic N) is 3. The van der Waals surface area contributed by atoms with E-state index in [-0.39, 0.29) is 18.4 Å². The van der Waals surface area contributed by atoms with Crippen molar-refractivity contribution in [1.29, 1.82) is 0 Å². The Morgan fingerprint density at radius 1 is 1.11 bits per heavy atom. The third-order valence-electron chi connectivity index (χ3n) is 11.2. The Morgan fingerprint density at radius 2 is 1.66 bits per heavy atom. The van der Waals surface area contributed by atoms with Gasteiger partial charge in [0.1, 0.15) is 11.4 Å². The number of fused-ring (bicyclic) bond motifs is 1. The number of carbonyl (C=O) groups excluding carboxylic acids is 1. The number of hydrogen-bond acceptors (Lipinski definition) is 8. The summed E-state index contributed by atoms with van der Waals surface area (Å²) in [6, 6.07) is 2.22. The van der Waals surface area contributed by atoms with Crippen LogP contribution in [0.1, 0.15) is 100 Å². The fraction of sp³-hybridized carbons (Fsp3) is 0.706. The maximum atomic E-state index is 12.1. The molecule has 0 aromatic carbocycles. The van der Waals surface area contributed by atoms with Gasteiger partial charge in [-0.15, -0.1) is 0 Å². The summed E-state index contributed by atoms with van der Waals surface area (Å²) in [6.45, 7) is 22.6. The van der Waals surface area contributed by atoms with E-state index in [4.69, 9.17) is 23.8 Å². The summed E-state index contributed by atoms with van der Waals surface area (Å²) in [5.41, 5.74) is 3.67. The Hall–Kier alpha value is -2.19. The van der Waals surface area contributed by atoms with E-state index < -0.39 is 43.9 Å².